The maximum Gasteiger partial charge on any atom is 0.417 e. The molecule has 1 fully saturated rings. The molecule has 0 radical (unpaired) electrons. The van der Waals surface area contributed by atoms with Gasteiger partial charge >= 0.3 is 12.3 Å². The lowest BCUT2D eigenvalue weighted by Gasteiger charge is -2.22. The van der Waals surface area contributed by atoms with Gasteiger partial charge in [0.25, 0.3) is 0 Å². The first-order chi connectivity index (χ1) is 10.3. The van der Waals surface area contributed by atoms with Crippen LogP contribution in [0.25, 0.3) is 0 Å². The van der Waals surface area contributed by atoms with Gasteiger partial charge in [-0.3, -0.25) is 4.79 Å². The molecule has 1 aromatic carbocycles. The average molecular weight is 315 g/mol. The van der Waals surface area contributed by atoms with E-state index in [1.165, 1.54) is 6.92 Å². The average Bonchev–Trinajstić information content (AvgIpc) is 2.79. The molecule has 2 amide bonds. The van der Waals surface area contributed by atoms with Crippen molar-refractivity contribution in [1.82, 2.24) is 4.90 Å². The molecule has 0 bridgehead atoms. The Morgan fingerprint density at radius 3 is 2.59 bits per heavy atom. The lowest BCUT2D eigenvalue weighted by Crippen LogP contribution is -2.35. The third-order valence-electron chi connectivity index (χ3n) is 3.43. The Morgan fingerprint density at radius 1 is 1.36 bits per heavy atom. The van der Waals surface area contributed by atoms with Gasteiger partial charge in [-0.25, -0.2) is 9.69 Å². The molecule has 4 nitrogen and oxygen atoms in total. The number of ether oxygens (including phenoxy) is 1. The highest BCUT2D eigenvalue weighted by atomic mass is 19.4. The number of halogens is 3. The van der Waals surface area contributed by atoms with Crippen LogP contribution in [0, 0.1) is 5.92 Å². The number of amides is 2. The highest BCUT2D eigenvalue weighted by Gasteiger charge is 2.40. The minimum atomic E-state index is -4.33. The summed E-state index contributed by atoms with van der Waals surface area (Å²) in [4.78, 5) is 24.8. The molecule has 2 rings (SSSR count). The largest absolute Gasteiger partial charge is 0.446 e. The predicted molar refractivity (Wildman–Crippen MR) is 71.8 cm³/mol. The molecule has 22 heavy (non-hydrogen) atoms. The van der Waals surface area contributed by atoms with E-state index in [2.05, 4.69) is 0 Å². The summed E-state index contributed by atoms with van der Waals surface area (Å²) < 4.78 is 41.9. The number of rotatable bonds is 4. The molecule has 1 saturated heterocycles. The van der Waals surface area contributed by atoms with Gasteiger partial charge in [-0.1, -0.05) is 37.3 Å². The second-order valence-electron chi connectivity index (χ2n) is 5.40. The molecule has 0 unspecified atom stereocenters. The number of nitrogens with zero attached hydrogens (tertiary/aromatic N) is 1. The number of hydrogen-bond donors (Lipinski definition) is 0. The second-order valence-corrected chi connectivity index (χ2v) is 5.40. The first-order valence-electron chi connectivity index (χ1n) is 6.88. The van der Waals surface area contributed by atoms with Crippen LogP contribution in [0.15, 0.2) is 30.3 Å². The fourth-order valence-corrected chi connectivity index (χ4v) is 2.48. The van der Waals surface area contributed by atoms with Gasteiger partial charge in [0, 0.05) is 12.8 Å². The van der Waals surface area contributed by atoms with Crippen molar-refractivity contribution < 1.29 is 27.5 Å². The van der Waals surface area contributed by atoms with Crippen LogP contribution in [0.2, 0.25) is 0 Å². The summed E-state index contributed by atoms with van der Waals surface area (Å²) in [6.07, 6.45) is -6.54. The Bertz CT molecular complexity index is 545. The zero-order valence-corrected chi connectivity index (χ0v) is 12.0. The Morgan fingerprint density at radius 2 is 2.00 bits per heavy atom. The molecule has 1 aliphatic heterocycles. The summed E-state index contributed by atoms with van der Waals surface area (Å²) >= 11 is 0. The third kappa shape index (κ3) is 3.99. The normalized spacial score (nSPS) is 19.9. The van der Waals surface area contributed by atoms with Gasteiger partial charge in [0.05, 0.1) is 0 Å². The molecule has 2 atom stereocenters. The minimum Gasteiger partial charge on any atom is -0.446 e. The van der Waals surface area contributed by atoms with Gasteiger partial charge in [0.1, 0.15) is 12.6 Å². The van der Waals surface area contributed by atoms with Crippen LogP contribution in [0.4, 0.5) is 18.0 Å². The van der Waals surface area contributed by atoms with E-state index in [0.717, 1.165) is 4.90 Å². The van der Waals surface area contributed by atoms with Crippen molar-refractivity contribution in [2.75, 3.05) is 6.61 Å². The van der Waals surface area contributed by atoms with Crippen molar-refractivity contribution in [3.05, 3.63) is 35.9 Å². The standard InChI is InChI=1S/C15H16F3NO3/c1-10(8-15(16,17)18)7-13(20)19-12(9-22-14(19)21)11-5-3-2-4-6-11/h2-6,10,12H,7-9H2,1H3/t10-,12-/m0/s1. The van der Waals surface area contributed by atoms with E-state index in [1.807, 2.05) is 0 Å². The van der Waals surface area contributed by atoms with Gasteiger partial charge in [0.2, 0.25) is 5.91 Å². The molecular weight excluding hydrogens is 299 g/mol. The topological polar surface area (TPSA) is 46.6 Å². The van der Waals surface area contributed by atoms with Crippen molar-refractivity contribution in [2.45, 2.75) is 32.0 Å². The SMILES string of the molecule is C[C@@H](CC(=O)N1C(=O)OC[C@H]1c1ccccc1)CC(F)(F)F. The summed E-state index contributed by atoms with van der Waals surface area (Å²) in [5.41, 5.74) is 0.713. The molecule has 0 N–H and O–H groups in total. The summed E-state index contributed by atoms with van der Waals surface area (Å²) in [7, 11) is 0. The number of carbonyl (C=O) groups is 2. The van der Waals surface area contributed by atoms with E-state index in [1.54, 1.807) is 30.3 Å². The van der Waals surface area contributed by atoms with E-state index >= 15 is 0 Å². The van der Waals surface area contributed by atoms with Crippen molar-refractivity contribution in [3.63, 3.8) is 0 Å². The first kappa shape index (κ1) is 16.3. The van der Waals surface area contributed by atoms with Crippen LogP contribution in [0.5, 0.6) is 0 Å². The summed E-state index contributed by atoms with van der Waals surface area (Å²) in [5, 5.41) is 0. The second kappa shape index (κ2) is 6.37. The number of cyclic esters (lactones) is 1. The zero-order valence-electron chi connectivity index (χ0n) is 12.0. The van der Waals surface area contributed by atoms with E-state index < -0.39 is 36.6 Å². The molecule has 0 spiro atoms. The Balaban J connectivity index is 2.08. The molecule has 0 aromatic heterocycles. The number of imide groups is 1. The van der Waals surface area contributed by atoms with Crippen LogP contribution in [-0.2, 0) is 9.53 Å². The van der Waals surface area contributed by atoms with E-state index in [-0.39, 0.29) is 13.0 Å². The highest BCUT2D eigenvalue weighted by Crippen LogP contribution is 2.31. The van der Waals surface area contributed by atoms with E-state index in [4.69, 9.17) is 4.74 Å². The Hall–Kier alpha value is -2.05. The highest BCUT2D eigenvalue weighted by molar-refractivity contribution is 5.93. The lowest BCUT2D eigenvalue weighted by molar-refractivity contribution is -0.147. The molecule has 120 valence electrons. The van der Waals surface area contributed by atoms with Gasteiger partial charge in [-0.15, -0.1) is 0 Å². The quantitative estimate of drug-likeness (QED) is 0.851. The molecule has 1 aromatic rings. The minimum absolute atomic E-state index is 0.0161. The molecule has 0 aliphatic carbocycles. The van der Waals surface area contributed by atoms with Crippen LogP contribution in [0.3, 0.4) is 0 Å². The summed E-state index contributed by atoms with van der Waals surface area (Å²) in [6.45, 7) is 1.35. The van der Waals surface area contributed by atoms with Crippen LogP contribution in [-0.4, -0.2) is 29.7 Å². The number of carbonyl (C=O) groups excluding carboxylic acids is 2. The van der Waals surface area contributed by atoms with Gasteiger partial charge in [0.15, 0.2) is 0 Å². The number of hydrogen-bond acceptors (Lipinski definition) is 3. The molecular formula is C15H16F3NO3. The Kier molecular flexibility index (Phi) is 4.73. The third-order valence-corrected chi connectivity index (χ3v) is 3.43. The monoisotopic (exact) mass is 315 g/mol. The predicted octanol–water partition coefficient (Wildman–Crippen LogP) is 3.69. The van der Waals surface area contributed by atoms with Gasteiger partial charge in [-0.05, 0) is 11.5 Å². The fourth-order valence-electron chi connectivity index (χ4n) is 2.48. The number of benzene rings is 1. The first-order valence-corrected chi connectivity index (χ1v) is 6.88. The molecule has 1 aliphatic rings. The smallest absolute Gasteiger partial charge is 0.417 e. The van der Waals surface area contributed by atoms with E-state index in [0.29, 0.717) is 5.56 Å². The van der Waals surface area contributed by atoms with Crippen molar-refractivity contribution in [1.29, 1.82) is 0 Å². The molecule has 0 saturated carbocycles. The van der Waals surface area contributed by atoms with Crippen molar-refractivity contribution >= 4 is 12.0 Å². The summed E-state index contributed by atoms with van der Waals surface area (Å²) in [6, 6.07) is 8.20. The molecule has 7 heteroatoms. The summed E-state index contributed by atoms with van der Waals surface area (Å²) in [5.74, 6) is -1.54. The van der Waals surface area contributed by atoms with Crippen LogP contribution in [0.1, 0.15) is 31.4 Å². The van der Waals surface area contributed by atoms with Crippen LogP contribution < -0.4 is 0 Å². The van der Waals surface area contributed by atoms with Crippen molar-refractivity contribution in [3.8, 4) is 0 Å². The lowest BCUT2D eigenvalue weighted by atomic mass is 10.0. The van der Waals surface area contributed by atoms with E-state index in [9.17, 15) is 22.8 Å². The zero-order chi connectivity index (χ0) is 16.3. The van der Waals surface area contributed by atoms with Crippen molar-refractivity contribution in [2.24, 2.45) is 5.92 Å². The molecule has 1 heterocycles. The maximum absolute atomic E-state index is 12.3. The number of alkyl halides is 3. The Labute approximate surface area is 125 Å². The fraction of sp³-hybridized carbons (Fsp3) is 0.467. The van der Waals surface area contributed by atoms with Crippen LogP contribution >= 0.6 is 0 Å². The van der Waals surface area contributed by atoms with Gasteiger partial charge < -0.3 is 4.74 Å². The maximum atomic E-state index is 12.3. The van der Waals surface area contributed by atoms with Gasteiger partial charge in [-0.2, -0.15) is 13.2 Å².